The van der Waals surface area contributed by atoms with Crippen molar-refractivity contribution in [2.24, 2.45) is 5.92 Å². The molecule has 1 aromatic heterocycles. The van der Waals surface area contributed by atoms with E-state index in [2.05, 4.69) is 22.4 Å². The number of aromatic nitrogens is 2. The molecule has 1 fully saturated rings. The molecule has 7 heteroatoms. The molecule has 106 valence electrons. The van der Waals surface area contributed by atoms with Crippen LogP contribution in [0.2, 0.25) is 0 Å². The van der Waals surface area contributed by atoms with Gasteiger partial charge in [-0.25, -0.2) is 0 Å². The van der Waals surface area contributed by atoms with E-state index < -0.39 is 0 Å². The summed E-state index contributed by atoms with van der Waals surface area (Å²) in [6, 6.07) is 0. The summed E-state index contributed by atoms with van der Waals surface area (Å²) in [5.74, 6) is 0.290. The Bertz CT molecular complexity index is 416. The van der Waals surface area contributed by atoms with E-state index in [1.807, 2.05) is 0 Å². The lowest BCUT2D eigenvalue weighted by molar-refractivity contribution is 0.0649. The molecule has 0 aromatic carbocycles. The molecule has 2 heterocycles. The van der Waals surface area contributed by atoms with Crippen LogP contribution < -0.4 is 5.32 Å². The molecule has 1 saturated heterocycles. The lowest BCUT2D eigenvalue weighted by Gasteiger charge is -2.30. The molecule has 2 rings (SSSR count). The highest BCUT2D eigenvalue weighted by Gasteiger charge is 2.25. The third kappa shape index (κ3) is 3.63. The normalized spacial score (nSPS) is 16.6. The van der Waals surface area contributed by atoms with Crippen molar-refractivity contribution in [3.05, 3.63) is 5.01 Å². The summed E-state index contributed by atoms with van der Waals surface area (Å²) in [7, 11) is 0. The van der Waals surface area contributed by atoms with Gasteiger partial charge in [0.15, 0.2) is 0 Å². The van der Waals surface area contributed by atoms with Crippen molar-refractivity contribution in [2.75, 3.05) is 31.6 Å². The number of hydrogen-bond donors (Lipinski definition) is 2. The molecule has 1 aromatic rings. The maximum absolute atomic E-state index is 12.2. The Balaban J connectivity index is 1.90. The van der Waals surface area contributed by atoms with Crippen LogP contribution in [-0.2, 0) is 0 Å². The smallest absolute Gasteiger partial charge is 0.284 e. The van der Waals surface area contributed by atoms with Crippen molar-refractivity contribution < 1.29 is 9.90 Å². The summed E-state index contributed by atoms with van der Waals surface area (Å²) in [5, 5.41) is 21.3. The lowest BCUT2D eigenvalue weighted by Crippen LogP contribution is -2.39. The lowest BCUT2D eigenvalue weighted by atomic mass is 9.98. The molecule has 0 unspecified atom stereocenters. The number of likely N-dealkylation sites (tertiary alicyclic amines) is 1. The van der Waals surface area contributed by atoms with E-state index in [9.17, 15) is 4.79 Å². The molecule has 0 spiro atoms. The van der Waals surface area contributed by atoms with E-state index in [0.717, 1.165) is 25.8 Å². The Kier molecular flexibility index (Phi) is 5.09. The van der Waals surface area contributed by atoms with E-state index in [1.54, 1.807) is 4.90 Å². The number of aliphatic hydroxyl groups excluding tert-OH is 1. The molecule has 19 heavy (non-hydrogen) atoms. The Morgan fingerprint density at radius 1 is 1.47 bits per heavy atom. The van der Waals surface area contributed by atoms with Gasteiger partial charge in [0.2, 0.25) is 10.1 Å². The predicted molar refractivity (Wildman–Crippen MR) is 74.4 cm³/mol. The summed E-state index contributed by atoms with van der Waals surface area (Å²) in [4.78, 5) is 14.0. The number of aliphatic hydroxyl groups is 1. The van der Waals surface area contributed by atoms with Crippen molar-refractivity contribution in [2.45, 2.75) is 26.2 Å². The average molecular weight is 284 g/mol. The van der Waals surface area contributed by atoms with Crippen LogP contribution in [0, 0.1) is 5.92 Å². The van der Waals surface area contributed by atoms with Gasteiger partial charge in [-0.1, -0.05) is 18.3 Å². The zero-order valence-corrected chi connectivity index (χ0v) is 11.9. The Hall–Kier alpha value is -1.21. The number of nitrogens with one attached hydrogen (secondary N) is 1. The molecule has 0 atom stereocenters. The first-order chi connectivity index (χ1) is 9.24. The van der Waals surface area contributed by atoms with Gasteiger partial charge in [-0.3, -0.25) is 4.79 Å². The first-order valence-electron chi connectivity index (χ1n) is 6.72. The molecule has 1 aliphatic rings. The first kappa shape index (κ1) is 14.2. The minimum absolute atomic E-state index is 0.0431. The monoisotopic (exact) mass is 284 g/mol. The van der Waals surface area contributed by atoms with Gasteiger partial charge >= 0.3 is 0 Å². The Morgan fingerprint density at radius 3 is 2.84 bits per heavy atom. The fourth-order valence-electron chi connectivity index (χ4n) is 2.07. The van der Waals surface area contributed by atoms with Crippen LogP contribution in [0.4, 0.5) is 5.13 Å². The van der Waals surface area contributed by atoms with Gasteiger partial charge in [0.05, 0.1) is 0 Å². The van der Waals surface area contributed by atoms with E-state index in [1.165, 1.54) is 11.3 Å². The molecule has 2 N–H and O–H groups in total. The average Bonchev–Trinajstić information content (AvgIpc) is 2.93. The first-order valence-corrected chi connectivity index (χ1v) is 7.53. The van der Waals surface area contributed by atoms with Crippen LogP contribution in [0.25, 0.3) is 0 Å². The number of rotatable bonds is 5. The maximum Gasteiger partial charge on any atom is 0.284 e. The topological polar surface area (TPSA) is 78.4 Å². The third-order valence-electron chi connectivity index (χ3n) is 3.29. The molecule has 0 radical (unpaired) electrons. The minimum atomic E-state index is -0.0431. The molecule has 1 aliphatic heterocycles. The quantitative estimate of drug-likeness (QED) is 0.849. The fraction of sp³-hybridized carbons (Fsp3) is 0.750. The van der Waals surface area contributed by atoms with E-state index in [4.69, 9.17) is 5.11 Å². The number of amides is 1. The molecular formula is C12H20N4O2S. The van der Waals surface area contributed by atoms with Gasteiger partial charge in [0.1, 0.15) is 0 Å². The number of piperidine rings is 1. The molecule has 1 amide bonds. The van der Waals surface area contributed by atoms with Crippen LogP contribution in [0.3, 0.4) is 0 Å². The molecule has 0 aliphatic carbocycles. The van der Waals surface area contributed by atoms with E-state index >= 15 is 0 Å². The standard InChI is InChI=1S/C12H20N4O2S/c1-2-5-13-12-15-14-10(19-12)11(18)16-6-3-9(8-17)4-7-16/h9,17H,2-8H2,1H3,(H,13,15). The van der Waals surface area contributed by atoms with Gasteiger partial charge in [-0.05, 0) is 25.2 Å². The molecular weight excluding hydrogens is 264 g/mol. The third-order valence-corrected chi connectivity index (χ3v) is 4.16. The van der Waals surface area contributed by atoms with Crippen LogP contribution in [-0.4, -0.2) is 52.4 Å². The van der Waals surface area contributed by atoms with Gasteiger partial charge in [-0.2, -0.15) is 0 Å². The van der Waals surface area contributed by atoms with Crippen LogP contribution >= 0.6 is 11.3 Å². The highest BCUT2D eigenvalue weighted by Crippen LogP contribution is 2.21. The Morgan fingerprint density at radius 2 is 2.21 bits per heavy atom. The molecule has 0 bridgehead atoms. The summed E-state index contributed by atoms with van der Waals surface area (Å²) >= 11 is 1.31. The zero-order valence-electron chi connectivity index (χ0n) is 11.1. The largest absolute Gasteiger partial charge is 0.396 e. The maximum atomic E-state index is 12.2. The predicted octanol–water partition coefficient (Wildman–Crippen LogP) is 1.20. The van der Waals surface area contributed by atoms with Crippen LogP contribution in [0.5, 0.6) is 0 Å². The number of carbonyl (C=O) groups is 1. The van der Waals surface area contributed by atoms with Crippen molar-refractivity contribution in [3.63, 3.8) is 0 Å². The summed E-state index contributed by atoms with van der Waals surface area (Å²) in [6.45, 7) is 4.52. The van der Waals surface area contributed by atoms with Crippen LogP contribution in [0.15, 0.2) is 0 Å². The van der Waals surface area contributed by atoms with E-state index in [0.29, 0.717) is 29.1 Å². The number of anilines is 1. The molecule has 6 nitrogen and oxygen atoms in total. The summed E-state index contributed by atoms with van der Waals surface area (Å²) in [6.07, 6.45) is 2.74. The van der Waals surface area contributed by atoms with Gasteiger partial charge in [-0.15, -0.1) is 10.2 Å². The van der Waals surface area contributed by atoms with Crippen molar-refractivity contribution in [1.29, 1.82) is 0 Å². The van der Waals surface area contributed by atoms with Crippen molar-refractivity contribution >= 4 is 22.4 Å². The van der Waals surface area contributed by atoms with Gasteiger partial charge in [0.25, 0.3) is 5.91 Å². The zero-order chi connectivity index (χ0) is 13.7. The van der Waals surface area contributed by atoms with Gasteiger partial charge < -0.3 is 15.3 Å². The SMILES string of the molecule is CCCNc1nnc(C(=O)N2CCC(CO)CC2)s1. The minimum Gasteiger partial charge on any atom is -0.396 e. The second-order valence-electron chi connectivity index (χ2n) is 4.76. The van der Waals surface area contributed by atoms with Crippen LogP contribution in [0.1, 0.15) is 36.0 Å². The van der Waals surface area contributed by atoms with Crippen molar-refractivity contribution in [3.8, 4) is 0 Å². The second-order valence-corrected chi connectivity index (χ2v) is 5.73. The summed E-state index contributed by atoms with van der Waals surface area (Å²) in [5.41, 5.74) is 0. The van der Waals surface area contributed by atoms with Gasteiger partial charge in [0, 0.05) is 26.2 Å². The highest BCUT2D eigenvalue weighted by atomic mass is 32.1. The number of hydrogen-bond acceptors (Lipinski definition) is 6. The fourth-order valence-corrected chi connectivity index (χ4v) is 2.80. The molecule has 0 saturated carbocycles. The summed E-state index contributed by atoms with van der Waals surface area (Å²) < 4.78 is 0. The van der Waals surface area contributed by atoms with E-state index in [-0.39, 0.29) is 12.5 Å². The highest BCUT2D eigenvalue weighted by molar-refractivity contribution is 7.17. The number of nitrogens with zero attached hydrogens (tertiary/aromatic N) is 3. The second kappa shape index (κ2) is 6.81. The Labute approximate surface area is 116 Å². The van der Waals surface area contributed by atoms with Crippen molar-refractivity contribution in [1.82, 2.24) is 15.1 Å². The number of carbonyl (C=O) groups excluding carboxylic acids is 1.